The van der Waals surface area contributed by atoms with E-state index in [2.05, 4.69) is 0 Å². The lowest BCUT2D eigenvalue weighted by molar-refractivity contribution is 0.0474. The minimum atomic E-state index is -0.522. The van der Waals surface area contributed by atoms with Crippen LogP contribution in [0.4, 0.5) is 5.69 Å². The fourth-order valence-corrected chi connectivity index (χ4v) is 1.99. The zero-order valence-corrected chi connectivity index (χ0v) is 13.4. The molecule has 5 nitrogen and oxygen atoms in total. The molecule has 0 aliphatic rings. The van der Waals surface area contributed by atoms with Crippen molar-refractivity contribution in [2.45, 2.75) is 0 Å². The van der Waals surface area contributed by atoms with Crippen molar-refractivity contribution in [1.82, 2.24) is 0 Å². The van der Waals surface area contributed by atoms with Gasteiger partial charge in [-0.3, -0.25) is 4.79 Å². The number of carbonyl (C=O) groups is 2. The molecule has 0 N–H and O–H groups in total. The summed E-state index contributed by atoms with van der Waals surface area (Å²) in [4.78, 5) is 26.0. The van der Waals surface area contributed by atoms with Gasteiger partial charge in [0.25, 0.3) is 0 Å². The van der Waals surface area contributed by atoms with Crippen molar-refractivity contribution in [2.75, 3.05) is 32.7 Å². The van der Waals surface area contributed by atoms with Crippen LogP contribution in [0, 0.1) is 0 Å². The fourth-order valence-electron chi connectivity index (χ4n) is 1.99. The Morgan fingerprint density at radius 1 is 1.00 bits per heavy atom. The smallest absolute Gasteiger partial charge is 0.338 e. The van der Waals surface area contributed by atoms with Gasteiger partial charge in [-0.25, -0.2) is 4.79 Å². The number of carbonyl (C=O) groups excluding carboxylic acids is 2. The molecule has 2 aromatic rings. The molecular formula is C18H19NO4. The zero-order chi connectivity index (χ0) is 16.8. The predicted octanol–water partition coefficient (Wildman–Crippen LogP) is 2.80. The van der Waals surface area contributed by atoms with Gasteiger partial charge in [-0.05, 0) is 36.4 Å². The highest BCUT2D eigenvalue weighted by Crippen LogP contribution is 2.15. The summed E-state index contributed by atoms with van der Waals surface area (Å²) in [5.41, 5.74) is 1.84. The van der Waals surface area contributed by atoms with Gasteiger partial charge < -0.3 is 14.4 Å². The van der Waals surface area contributed by atoms with E-state index < -0.39 is 5.97 Å². The van der Waals surface area contributed by atoms with Crippen LogP contribution < -0.4 is 9.64 Å². The number of nitrogens with zero attached hydrogens (tertiary/aromatic N) is 1. The van der Waals surface area contributed by atoms with E-state index in [4.69, 9.17) is 9.47 Å². The third-order valence-corrected chi connectivity index (χ3v) is 3.35. The van der Waals surface area contributed by atoms with Crippen molar-refractivity contribution in [3.8, 4) is 5.75 Å². The quantitative estimate of drug-likeness (QED) is 0.606. The molecule has 0 unspecified atom stereocenters. The maximum Gasteiger partial charge on any atom is 0.338 e. The molecule has 0 heterocycles. The Bertz CT molecular complexity index is 692. The van der Waals surface area contributed by atoms with Gasteiger partial charge in [0.15, 0.2) is 12.4 Å². The van der Waals surface area contributed by atoms with Crippen molar-refractivity contribution < 1.29 is 19.1 Å². The molecule has 0 fully saturated rings. The van der Waals surface area contributed by atoms with E-state index in [0.717, 1.165) is 5.69 Å². The number of benzene rings is 2. The number of hydrogen-bond acceptors (Lipinski definition) is 5. The monoisotopic (exact) mass is 313 g/mol. The predicted molar refractivity (Wildman–Crippen MR) is 88.4 cm³/mol. The van der Waals surface area contributed by atoms with Gasteiger partial charge in [-0.15, -0.1) is 0 Å². The van der Waals surface area contributed by atoms with E-state index in [1.54, 1.807) is 36.4 Å². The molecule has 23 heavy (non-hydrogen) atoms. The third kappa shape index (κ3) is 4.32. The van der Waals surface area contributed by atoms with Crippen molar-refractivity contribution in [3.05, 3.63) is 59.7 Å². The van der Waals surface area contributed by atoms with Crippen molar-refractivity contribution in [2.24, 2.45) is 0 Å². The van der Waals surface area contributed by atoms with E-state index in [9.17, 15) is 9.59 Å². The lowest BCUT2D eigenvalue weighted by Gasteiger charge is -2.12. The lowest BCUT2D eigenvalue weighted by Crippen LogP contribution is -2.14. The second-order valence-electron chi connectivity index (χ2n) is 5.17. The molecular weight excluding hydrogens is 294 g/mol. The standard InChI is InChI=1S/C18H19NO4/c1-19(2)15-9-7-13(8-10-15)18(21)23-12-17(20)14-5-4-6-16(11-14)22-3/h4-11H,12H2,1-3H3. The molecule has 0 spiro atoms. The summed E-state index contributed by atoms with van der Waals surface area (Å²) < 4.78 is 10.1. The van der Waals surface area contributed by atoms with E-state index in [-0.39, 0.29) is 12.4 Å². The number of esters is 1. The molecule has 5 heteroatoms. The molecule has 2 aromatic carbocycles. The number of ether oxygens (including phenoxy) is 2. The van der Waals surface area contributed by atoms with Crippen LogP contribution in [0.5, 0.6) is 5.75 Å². The molecule has 0 bridgehead atoms. The zero-order valence-electron chi connectivity index (χ0n) is 13.4. The van der Waals surface area contributed by atoms with Crippen LogP contribution in [0.1, 0.15) is 20.7 Å². The highest BCUT2D eigenvalue weighted by Gasteiger charge is 2.12. The second kappa shape index (κ2) is 7.45. The van der Waals surface area contributed by atoms with Gasteiger partial charge in [0.1, 0.15) is 5.75 Å². The second-order valence-corrected chi connectivity index (χ2v) is 5.17. The van der Waals surface area contributed by atoms with Gasteiger partial charge in [-0.2, -0.15) is 0 Å². The average molecular weight is 313 g/mol. The van der Waals surface area contributed by atoms with Crippen LogP contribution >= 0.6 is 0 Å². The summed E-state index contributed by atoms with van der Waals surface area (Å²) in [5.74, 6) is -0.213. The first-order chi connectivity index (χ1) is 11.0. The summed E-state index contributed by atoms with van der Waals surface area (Å²) in [6.07, 6.45) is 0. The molecule has 0 saturated heterocycles. The van der Waals surface area contributed by atoms with Crippen LogP contribution in [-0.4, -0.2) is 39.6 Å². The van der Waals surface area contributed by atoms with Crippen LogP contribution in [-0.2, 0) is 4.74 Å². The number of ketones is 1. The number of Topliss-reactive ketones (excluding diaryl/α,β-unsaturated/α-hetero) is 1. The van der Waals surface area contributed by atoms with Gasteiger partial charge in [-0.1, -0.05) is 12.1 Å². The Morgan fingerprint density at radius 3 is 2.30 bits per heavy atom. The molecule has 0 aromatic heterocycles. The fraction of sp³-hybridized carbons (Fsp3) is 0.222. The summed E-state index contributed by atoms with van der Waals surface area (Å²) in [5, 5.41) is 0. The van der Waals surface area contributed by atoms with Crippen molar-refractivity contribution in [1.29, 1.82) is 0 Å². The SMILES string of the molecule is COc1cccc(C(=O)COC(=O)c2ccc(N(C)C)cc2)c1. The van der Waals surface area contributed by atoms with E-state index in [1.165, 1.54) is 7.11 Å². The largest absolute Gasteiger partial charge is 0.497 e. The summed E-state index contributed by atoms with van der Waals surface area (Å²) >= 11 is 0. The normalized spacial score (nSPS) is 10.0. The van der Waals surface area contributed by atoms with Crippen LogP contribution in [0.2, 0.25) is 0 Å². The molecule has 0 saturated carbocycles. The minimum absolute atomic E-state index is 0.276. The molecule has 0 amide bonds. The van der Waals surface area contributed by atoms with Crippen molar-refractivity contribution >= 4 is 17.4 Å². The first-order valence-corrected chi connectivity index (χ1v) is 7.13. The molecule has 0 atom stereocenters. The maximum absolute atomic E-state index is 12.1. The third-order valence-electron chi connectivity index (χ3n) is 3.35. The first-order valence-electron chi connectivity index (χ1n) is 7.13. The Hall–Kier alpha value is -2.82. The molecule has 0 aliphatic heterocycles. The summed E-state index contributed by atoms with van der Waals surface area (Å²) in [7, 11) is 5.36. The number of rotatable bonds is 6. The highest BCUT2D eigenvalue weighted by atomic mass is 16.5. The topological polar surface area (TPSA) is 55.8 Å². The molecule has 0 aliphatic carbocycles. The average Bonchev–Trinajstić information content (AvgIpc) is 2.59. The number of anilines is 1. The minimum Gasteiger partial charge on any atom is -0.497 e. The molecule has 0 radical (unpaired) electrons. The summed E-state index contributed by atoms with van der Waals surface area (Å²) in [6.45, 7) is -0.304. The number of hydrogen-bond donors (Lipinski definition) is 0. The molecule has 2 rings (SSSR count). The Morgan fingerprint density at radius 2 is 1.70 bits per heavy atom. The van der Waals surface area contributed by atoms with Gasteiger partial charge in [0.05, 0.1) is 12.7 Å². The summed E-state index contributed by atoms with van der Waals surface area (Å²) in [6, 6.07) is 13.7. The lowest BCUT2D eigenvalue weighted by atomic mass is 10.1. The maximum atomic E-state index is 12.1. The van der Waals surface area contributed by atoms with E-state index >= 15 is 0 Å². The van der Waals surface area contributed by atoms with Crippen LogP contribution in [0.25, 0.3) is 0 Å². The molecule has 120 valence electrons. The van der Waals surface area contributed by atoms with Crippen LogP contribution in [0.15, 0.2) is 48.5 Å². The Balaban J connectivity index is 1.96. The van der Waals surface area contributed by atoms with Gasteiger partial charge >= 0.3 is 5.97 Å². The van der Waals surface area contributed by atoms with Gasteiger partial charge in [0, 0.05) is 25.3 Å². The first kappa shape index (κ1) is 16.5. The van der Waals surface area contributed by atoms with Gasteiger partial charge in [0.2, 0.25) is 0 Å². The Kier molecular flexibility index (Phi) is 5.36. The van der Waals surface area contributed by atoms with Crippen LogP contribution in [0.3, 0.4) is 0 Å². The van der Waals surface area contributed by atoms with E-state index in [1.807, 2.05) is 31.1 Å². The highest BCUT2D eigenvalue weighted by molar-refractivity contribution is 5.99. The van der Waals surface area contributed by atoms with Crippen molar-refractivity contribution in [3.63, 3.8) is 0 Å². The number of methoxy groups -OCH3 is 1. The Labute approximate surface area is 135 Å². The van der Waals surface area contributed by atoms with E-state index in [0.29, 0.717) is 16.9 Å².